The van der Waals surface area contributed by atoms with Crippen molar-refractivity contribution in [3.63, 3.8) is 0 Å². The highest BCUT2D eigenvalue weighted by molar-refractivity contribution is 5.88. The molecule has 2 N–H and O–H groups in total. The molecular weight excluding hydrogens is 240 g/mol. The number of tetrazole rings is 1. The second-order valence-electron chi connectivity index (χ2n) is 4.36. The number of rotatable bonds is 2. The van der Waals surface area contributed by atoms with Crippen molar-refractivity contribution in [3.05, 3.63) is 0 Å². The minimum absolute atomic E-state index is 0.0666. The number of carboxylic acid groups (broad SMARTS) is 1. The predicted molar refractivity (Wildman–Crippen MR) is 59.7 cm³/mol. The first-order valence-electron chi connectivity index (χ1n) is 5.50. The van der Waals surface area contributed by atoms with Crippen LogP contribution in [0.5, 0.6) is 0 Å². The summed E-state index contributed by atoms with van der Waals surface area (Å²) < 4.78 is 0. The van der Waals surface area contributed by atoms with Gasteiger partial charge in [0.1, 0.15) is 0 Å². The Morgan fingerprint density at radius 2 is 2.17 bits per heavy atom. The number of aliphatic carboxylic acids is 1. The fourth-order valence-electron chi connectivity index (χ4n) is 1.96. The van der Waals surface area contributed by atoms with Crippen LogP contribution in [-0.2, 0) is 11.8 Å². The summed E-state index contributed by atoms with van der Waals surface area (Å²) in [6.07, 6.45) is 0. The van der Waals surface area contributed by atoms with Crippen molar-refractivity contribution >= 4 is 17.9 Å². The number of nitrogens with zero attached hydrogens (tertiary/aromatic N) is 5. The largest absolute Gasteiger partial charge is 0.481 e. The molecule has 2 amide bonds. The van der Waals surface area contributed by atoms with Gasteiger partial charge in [0.15, 0.2) is 0 Å². The first-order chi connectivity index (χ1) is 8.47. The van der Waals surface area contributed by atoms with Crippen LogP contribution in [0.1, 0.15) is 6.92 Å². The number of nitrogens with one attached hydrogen (secondary N) is 1. The molecule has 0 bridgehead atoms. The van der Waals surface area contributed by atoms with Crippen molar-refractivity contribution in [2.24, 2.45) is 18.9 Å². The quantitative estimate of drug-likeness (QED) is 0.728. The number of aromatic nitrogens is 4. The van der Waals surface area contributed by atoms with E-state index in [9.17, 15) is 9.59 Å². The Morgan fingerprint density at radius 3 is 2.67 bits per heavy atom. The maximum atomic E-state index is 11.8. The topological polar surface area (TPSA) is 113 Å². The van der Waals surface area contributed by atoms with Crippen LogP contribution in [0, 0.1) is 11.8 Å². The minimum atomic E-state index is -0.879. The molecule has 1 aliphatic rings. The number of amides is 2. The van der Waals surface area contributed by atoms with Crippen molar-refractivity contribution < 1.29 is 14.7 Å². The second kappa shape index (κ2) is 4.59. The van der Waals surface area contributed by atoms with Crippen LogP contribution >= 0.6 is 0 Å². The molecule has 1 aliphatic heterocycles. The van der Waals surface area contributed by atoms with E-state index in [1.165, 1.54) is 9.70 Å². The summed E-state index contributed by atoms with van der Waals surface area (Å²) in [6, 6.07) is -0.404. The number of carbonyl (C=O) groups is 2. The average molecular weight is 254 g/mol. The summed E-state index contributed by atoms with van der Waals surface area (Å²) in [5.41, 5.74) is 0. The van der Waals surface area contributed by atoms with E-state index in [1.807, 2.05) is 6.92 Å². The van der Waals surface area contributed by atoms with Crippen LogP contribution in [0.15, 0.2) is 0 Å². The first-order valence-corrected chi connectivity index (χ1v) is 5.50. The number of carboxylic acids is 1. The predicted octanol–water partition coefficient (Wildman–Crippen LogP) is -0.606. The van der Waals surface area contributed by atoms with E-state index in [2.05, 4.69) is 20.7 Å². The van der Waals surface area contributed by atoms with Crippen LogP contribution < -0.4 is 5.32 Å². The average Bonchev–Trinajstić information content (AvgIpc) is 2.85. The summed E-state index contributed by atoms with van der Waals surface area (Å²) in [7, 11) is 1.58. The minimum Gasteiger partial charge on any atom is -0.481 e. The maximum absolute atomic E-state index is 11.8. The number of urea groups is 1. The molecule has 0 radical (unpaired) electrons. The Morgan fingerprint density at radius 1 is 1.44 bits per heavy atom. The van der Waals surface area contributed by atoms with Crippen LogP contribution in [0.3, 0.4) is 0 Å². The molecule has 2 atom stereocenters. The SMILES string of the molecule is C[C@@H]1CN(C(=O)Nc2nnn(C)n2)C[C@H]1C(=O)O. The molecule has 9 nitrogen and oxygen atoms in total. The van der Waals surface area contributed by atoms with Gasteiger partial charge in [-0.25, -0.2) is 4.79 Å². The summed E-state index contributed by atoms with van der Waals surface area (Å²) >= 11 is 0. The van der Waals surface area contributed by atoms with Gasteiger partial charge in [0, 0.05) is 13.1 Å². The highest BCUT2D eigenvalue weighted by Crippen LogP contribution is 2.23. The van der Waals surface area contributed by atoms with Crippen molar-refractivity contribution in [1.29, 1.82) is 0 Å². The van der Waals surface area contributed by atoms with Crippen molar-refractivity contribution in [2.45, 2.75) is 6.92 Å². The van der Waals surface area contributed by atoms with E-state index in [0.29, 0.717) is 6.54 Å². The van der Waals surface area contributed by atoms with Gasteiger partial charge in [-0.2, -0.15) is 4.80 Å². The molecule has 0 spiro atoms. The molecule has 1 saturated heterocycles. The number of hydrogen-bond donors (Lipinski definition) is 2. The van der Waals surface area contributed by atoms with Gasteiger partial charge in [-0.3, -0.25) is 10.1 Å². The van der Waals surface area contributed by atoms with E-state index in [4.69, 9.17) is 5.11 Å². The van der Waals surface area contributed by atoms with Gasteiger partial charge < -0.3 is 10.0 Å². The summed E-state index contributed by atoms with van der Waals surface area (Å²) in [4.78, 5) is 25.5. The molecule has 2 heterocycles. The lowest BCUT2D eigenvalue weighted by Gasteiger charge is -2.14. The first kappa shape index (κ1) is 12.3. The van der Waals surface area contributed by atoms with Crippen LogP contribution in [-0.4, -0.2) is 55.3 Å². The Balaban J connectivity index is 1.97. The van der Waals surface area contributed by atoms with E-state index in [0.717, 1.165) is 0 Å². The van der Waals surface area contributed by atoms with Crippen molar-refractivity contribution in [1.82, 2.24) is 25.1 Å². The molecule has 1 fully saturated rings. The lowest BCUT2D eigenvalue weighted by atomic mass is 9.99. The molecule has 0 aliphatic carbocycles. The molecule has 1 aromatic rings. The smallest absolute Gasteiger partial charge is 0.324 e. The zero-order valence-corrected chi connectivity index (χ0v) is 10.1. The summed E-state index contributed by atoms with van der Waals surface area (Å²) in [5.74, 6) is -1.36. The summed E-state index contributed by atoms with van der Waals surface area (Å²) in [5, 5.41) is 22.5. The number of likely N-dealkylation sites (tertiary alicyclic amines) is 1. The standard InChI is InChI=1S/C9H14N6O3/c1-5-3-15(4-6(5)7(16)17)9(18)10-8-11-13-14(2)12-8/h5-6H,3-4H2,1-2H3,(H,16,17)(H,10,12,18)/t5-,6-/m1/s1. The van der Waals surface area contributed by atoms with Gasteiger partial charge in [0.2, 0.25) is 0 Å². The molecule has 1 aromatic heterocycles. The van der Waals surface area contributed by atoms with Gasteiger partial charge in [0.05, 0.1) is 13.0 Å². The summed E-state index contributed by atoms with van der Waals surface area (Å²) in [6.45, 7) is 2.41. The fourth-order valence-corrected chi connectivity index (χ4v) is 1.96. The van der Waals surface area contributed by atoms with E-state index >= 15 is 0 Å². The third kappa shape index (κ3) is 2.39. The Kier molecular flexibility index (Phi) is 3.13. The lowest BCUT2D eigenvalue weighted by Crippen LogP contribution is -2.34. The van der Waals surface area contributed by atoms with Crippen LogP contribution in [0.4, 0.5) is 10.7 Å². The second-order valence-corrected chi connectivity index (χ2v) is 4.36. The van der Waals surface area contributed by atoms with Crippen molar-refractivity contribution in [3.8, 4) is 0 Å². The molecule has 98 valence electrons. The molecule has 0 aromatic carbocycles. The molecule has 0 saturated carbocycles. The number of carbonyl (C=O) groups excluding carboxylic acids is 1. The fraction of sp³-hybridized carbons (Fsp3) is 0.667. The van der Waals surface area contributed by atoms with E-state index in [1.54, 1.807) is 7.05 Å². The normalized spacial score (nSPS) is 23.1. The van der Waals surface area contributed by atoms with Gasteiger partial charge in [-0.1, -0.05) is 12.0 Å². The number of aryl methyl sites for hydroxylation is 1. The Hall–Kier alpha value is -2.19. The highest BCUT2D eigenvalue weighted by Gasteiger charge is 2.37. The van der Waals surface area contributed by atoms with Crippen LogP contribution in [0.25, 0.3) is 0 Å². The number of anilines is 1. The zero-order valence-electron chi connectivity index (χ0n) is 10.1. The highest BCUT2D eigenvalue weighted by atomic mass is 16.4. The molecule has 0 unspecified atom stereocenters. The zero-order chi connectivity index (χ0) is 13.3. The lowest BCUT2D eigenvalue weighted by molar-refractivity contribution is -0.142. The molecule has 9 heteroatoms. The third-order valence-electron chi connectivity index (χ3n) is 2.94. The Bertz CT molecular complexity index is 473. The van der Waals surface area contributed by atoms with Gasteiger partial charge in [-0.15, -0.1) is 5.10 Å². The molecule has 18 heavy (non-hydrogen) atoms. The van der Waals surface area contributed by atoms with Crippen LogP contribution in [0.2, 0.25) is 0 Å². The van der Waals surface area contributed by atoms with E-state index < -0.39 is 17.9 Å². The van der Waals surface area contributed by atoms with E-state index in [-0.39, 0.29) is 18.4 Å². The third-order valence-corrected chi connectivity index (χ3v) is 2.94. The van der Waals surface area contributed by atoms with Gasteiger partial charge in [-0.05, 0) is 11.1 Å². The number of hydrogen-bond acceptors (Lipinski definition) is 5. The Labute approximate surface area is 103 Å². The van der Waals surface area contributed by atoms with Gasteiger partial charge >= 0.3 is 12.0 Å². The van der Waals surface area contributed by atoms with Gasteiger partial charge in [0.25, 0.3) is 5.95 Å². The van der Waals surface area contributed by atoms with Crippen molar-refractivity contribution in [2.75, 3.05) is 18.4 Å². The molecule has 2 rings (SSSR count). The maximum Gasteiger partial charge on any atom is 0.324 e. The molecular formula is C9H14N6O3. The monoisotopic (exact) mass is 254 g/mol.